The number of hydrogen-bond donors (Lipinski definition) is 0. The SMILES string of the molecule is CC(C)(C)Cc1ccc2c(c1)-c1ccccc1C21c2ccccc2Oc2ccccc21. The molecule has 0 amide bonds. The van der Waals surface area contributed by atoms with Gasteiger partial charge in [0.25, 0.3) is 0 Å². The lowest BCUT2D eigenvalue weighted by atomic mass is 9.66. The Labute approximate surface area is 184 Å². The summed E-state index contributed by atoms with van der Waals surface area (Å²) in [6.45, 7) is 6.92. The van der Waals surface area contributed by atoms with Crippen molar-refractivity contribution in [3.63, 3.8) is 0 Å². The predicted octanol–water partition coefficient (Wildman–Crippen LogP) is 7.74. The van der Waals surface area contributed by atoms with Gasteiger partial charge in [0.15, 0.2) is 0 Å². The first-order valence-corrected chi connectivity index (χ1v) is 11.1. The molecule has 1 aliphatic carbocycles. The minimum Gasteiger partial charge on any atom is -0.457 e. The molecule has 1 heterocycles. The van der Waals surface area contributed by atoms with Crippen LogP contribution in [0.3, 0.4) is 0 Å². The standard InChI is InChI=1S/C30H26O/c1-29(2,3)19-20-16-17-24-22(18-20)21-10-4-5-11-23(21)30(24)25-12-6-8-14-27(25)31-28-15-9-7-13-26(28)30/h4-18H,19H2,1-3H3. The van der Waals surface area contributed by atoms with Crippen molar-refractivity contribution >= 4 is 0 Å². The Hall–Kier alpha value is -3.32. The van der Waals surface area contributed by atoms with E-state index in [1.165, 1.54) is 38.9 Å². The van der Waals surface area contributed by atoms with Crippen molar-refractivity contribution in [2.75, 3.05) is 0 Å². The van der Waals surface area contributed by atoms with Gasteiger partial charge in [-0.25, -0.2) is 0 Å². The average molecular weight is 403 g/mol. The van der Waals surface area contributed by atoms with Crippen LogP contribution in [-0.2, 0) is 11.8 Å². The normalized spacial score (nSPS) is 14.9. The highest BCUT2D eigenvalue weighted by molar-refractivity contribution is 5.88. The van der Waals surface area contributed by atoms with Gasteiger partial charge in [-0.05, 0) is 51.8 Å². The van der Waals surface area contributed by atoms with Crippen LogP contribution in [0.25, 0.3) is 11.1 Å². The first-order valence-electron chi connectivity index (χ1n) is 11.1. The molecule has 0 radical (unpaired) electrons. The number of hydrogen-bond acceptors (Lipinski definition) is 1. The summed E-state index contributed by atoms with van der Waals surface area (Å²) >= 11 is 0. The zero-order chi connectivity index (χ0) is 21.2. The van der Waals surface area contributed by atoms with Crippen LogP contribution >= 0.6 is 0 Å². The van der Waals surface area contributed by atoms with Gasteiger partial charge in [-0.2, -0.15) is 0 Å². The molecule has 31 heavy (non-hydrogen) atoms. The van der Waals surface area contributed by atoms with Crippen molar-refractivity contribution in [1.82, 2.24) is 0 Å². The van der Waals surface area contributed by atoms with Crippen molar-refractivity contribution in [2.24, 2.45) is 5.41 Å². The Morgan fingerprint density at radius 3 is 1.81 bits per heavy atom. The molecule has 4 aromatic rings. The summed E-state index contributed by atoms with van der Waals surface area (Å²) < 4.78 is 6.38. The molecule has 1 heteroatoms. The van der Waals surface area contributed by atoms with Gasteiger partial charge in [-0.3, -0.25) is 0 Å². The Kier molecular flexibility index (Phi) is 3.77. The molecule has 1 spiro atoms. The lowest BCUT2D eigenvalue weighted by Gasteiger charge is -2.39. The Morgan fingerprint density at radius 1 is 0.613 bits per heavy atom. The zero-order valence-corrected chi connectivity index (χ0v) is 18.3. The van der Waals surface area contributed by atoms with Crippen LogP contribution in [0.4, 0.5) is 0 Å². The van der Waals surface area contributed by atoms with Crippen LogP contribution in [-0.4, -0.2) is 0 Å². The lowest BCUT2D eigenvalue weighted by molar-refractivity contribution is 0.411. The molecule has 2 aliphatic rings. The molecular formula is C30H26O. The van der Waals surface area contributed by atoms with E-state index in [4.69, 9.17) is 4.74 Å². The number of ether oxygens (including phenoxy) is 1. The van der Waals surface area contributed by atoms with E-state index in [0.717, 1.165) is 17.9 Å². The second-order valence-electron chi connectivity index (χ2n) is 10.0. The Morgan fingerprint density at radius 2 is 1.16 bits per heavy atom. The molecule has 152 valence electrons. The molecule has 0 saturated heterocycles. The van der Waals surface area contributed by atoms with Crippen molar-refractivity contribution in [1.29, 1.82) is 0 Å². The molecule has 0 N–H and O–H groups in total. The third-order valence-corrected chi connectivity index (χ3v) is 6.65. The summed E-state index contributed by atoms with van der Waals surface area (Å²) in [5.41, 5.74) is 9.14. The van der Waals surface area contributed by atoms with Gasteiger partial charge in [0, 0.05) is 11.1 Å². The number of benzene rings is 4. The first kappa shape index (κ1) is 18.4. The maximum absolute atomic E-state index is 6.38. The molecule has 0 atom stereocenters. The monoisotopic (exact) mass is 402 g/mol. The van der Waals surface area contributed by atoms with Crippen molar-refractivity contribution in [2.45, 2.75) is 32.6 Å². The number of fused-ring (bicyclic) bond motifs is 9. The fourth-order valence-electron chi connectivity index (χ4n) is 5.63. The van der Waals surface area contributed by atoms with Crippen LogP contribution in [0, 0.1) is 5.41 Å². The highest BCUT2D eigenvalue weighted by atomic mass is 16.5. The maximum atomic E-state index is 6.38. The molecule has 4 aromatic carbocycles. The molecule has 0 aromatic heterocycles. The van der Waals surface area contributed by atoms with E-state index >= 15 is 0 Å². The molecular weight excluding hydrogens is 376 g/mol. The van der Waals surface area contributed by atoms with Gasteiger partial charge in [-0.1, -0.05) is 99.6 Å². The molecule has 0 bridgehead atoms. The van der Waals surface area contributed by atoms with Gasteiger partial charge >= 0.3 is 0 Å². The summed E-state index contributed by atoms with van der Waals surface area (Å²) in [7, 11) is 0. The van der Waals surface area contributed by atoms with Crippen LogP contribution in [0.1, 0.15) is 48.6 Å². The van der Waals surface area contributed by atoms with E-state index in [1.807, 2.05) is 0 Å². The summed E-state index contributed by atoms with van der Waals surface area (Å²) in [6.07, 6.45) is 1.06. The van der Waals surface area contributed by atoms with Crippen molar-refractivity contribution in [3.05, 3.63) is 119 Å². The Balaban J connectivity index is 1.72. The minimum atomic E-state index is -0.350. The van der Waals surface area contributed by atoms with E-state index in [1.54, 1.807) is 0 Å². The van der Waals surface area contributed by atoms with E-state index in [9.17, 15) is 0 Å². The quantitative estimate of drug-likeness (QED) is 0.273. The second kappa shape index (κ2) is 6.34. The number of rotatable bonds is 1. The largest absolute Gasteiger partial charge is 0.457 e. The predicted molar refractivity (Wildman–Crippen MR) is 127 cm³/mol. The van der Waals surface area contributed by atoms with Crippen molar-refractivity contribution < 1.29 is 4.74 Å². The Bertz CT molecular complexity index is 1280. The average Bonchev–Trinajstić information content (AvgIpc) is 3.04. The van der Waals surface area contributed by atoms with E-state index in [-0.39, 0.29) is 10.8 Å². The van der Waals surface area contributed by atoms with Gasteiger partial charge in [-0.15, -0.1) is 0 Å². The topological polar surface area (TPSA) is 9.23 Å². The molecule has 0 saturated carbocycles. The molecule has 0 fully saturated rings. The summed E-state index contributed by atoms with van der Waals surface area (Å²) in [5, 5.41) is 0. The van der Waals surface area contributed by atoms with Crippen LogP contribution in [0.15, 0.2) is 91.0 Å². The van der Waals surface area contributed by atoms with Gasteiger partial charge in [0.1, 0.15) is 11.5 Å². The summed E-state index contributed by atoms with van der Waals surface area (Å²) in [4.78, 5) is 0. The first-order chi connectivity index (χ1) is 15.0. The van der Waals surface area contributed by atoms with E-state index in [0.29, 0.717) is 0 Å². The maximum Gasteiger partial charge on any atom is 0.132 e. The van der Waals surface area contributed by atoms with Crippen LogP contribution in [0.2, 0.25) is 0 Å². The fraction of sp³-hybridized carbons (Fsp3) is 0.200. The molecule has 0 unspecified atom stereocenters. The highest BCUT2D eigenvalue weighted by Gasteiger charge is 2.50. The fourth-order valence-corrected chi connectivity index (χ4v) is 5.63. The second-order valence-corrected chi connectivity index (χ2v) is 10.0. The van der Waals surface area contributed by atoms with Gasteiger partial charge < -0.3 is 4.74 Å². The van der Waals surface area contributed by atoms with E-state index in [2.05, 4.69) is 112 Å². The highest BCUT2D eigenvalue weighted by Crippen LogP contribution is 2.61. The van der Waals surface area contributed by atoms with E-state index < -0.39 is 0 Å². The molecule has 1 aliphatic heterocycles. The number of para-hydroxylation sites is 2. The zero-order valence-electron chi connectivity index (χ0n) is 18.3. The summed E-state index contributed by atoms with van der Waals surface area (Å²) in [6, 6.07) is 33.1. The molecule has 1 nitrogen and oxygen atoms in total. The van der Waals surface area contributed by atoms with Crippen LogP contribution < -0.4 is 4.74 Å². The third kappa shape index (κ3) is 2.56. The van der Waals surface area contributed by atoms with Gasteiger partial charge in [0.2, 0.25) is 0 Å². The molecule has 6 rings (SSSR count). The third-order valence-electron chi connectivity index (χ3n) is 6.65. The van der Waals surface area contributed by atoms with Crippen molar-refractivity contribution in [3.8, 4) is 22.6 Å². The minimum absolute atomic E-state index is 0.252. The summed E-state index contributed by atoms with van der Waals surface area (Å²) in [5.74, 6) is 1.89. The smallest absolute Gasteiger partial charge is 0.132 e. The van der Waals surface area contributed by atoms with Gasteiger partial charge in [0.05, 0.1) is 5.41 Å². The van der Waals surface area contributed by atoms with Crippen LogP contribution in [0.5, 0.6) is 11.5 Å². The lowest BCUT2D eigenvalue weighted by Crippen LogP contribution is -2.32.